The SMILES string of the molecule is O=C(O)Cn1cc(NC(=O)Nc2nc(C3CC3)cs2)cn1. The van der Waals surface area contributed by atoms with Crippen molar-refractivity contribution in [2.75, 3.05) is 10.6 Å². The third-order valence-electron chi connectivity index (χ3n) is 2.93. The second-order valence-corrected chi connectivity index (χ2v) is 5.61. The van der Waals surface area contributed by atoms with E-state index in [-0.39, 0.29) is 6.54 Å². The lowest BCUT2D eigenvalue weighted by Gasteiger charge is -2.02. The quantitative estimate of drug-likeness (QED) is 0.782. The summed E-state index contributed by atoms with van der Waals surface area (Å²) in [6.07, 6.45) is 5.17. The Morgan fingerprint density at radius 2 is 2.24 bits per heavy atom. The number of carboxylic acids is 1. The molecule has 1 aliphatic rings. The van der Waals surface area contributed by atoms with Gasteiger partial charge in [0.25, 0.3) is 0 Å². The van der Waals surface area contributed by atoms with Gasteiger partial charge < -0.3 is 10.4 Å². The number of hydrogen-bond donors (Lipinski definition) is 3. The van der Waals surface area contributed by atoms with E-state index in [0.717, 1.165) is 18.5 Å². The first-order chi connectivity index (χ1) is 10.1. The van der Waals surface area contributed by atoms with E-state index in [4.69, 9.17) is 5.11 Å². The molecule has 0 aliphatic heterocycles. The number of nitrogens with zero attached hydrogens (tertiary/aromatic N) is 3. The van der Waals surface area contributed by atoms with Crippen LogP contribution in [0.25, 0.3) is 0 Å². The molecule has 2 aromatic rings. The maximum Gasteiger partial charge on any atom is 0.325 e. The first-order valence-electron chi connectivity index (χ1n) is 6.38. The summed E-state index contributed by atoms with van der Waals surface area (Å²) in [4.78, 5) is 26.7. The Hall–Kier alpha value is -2.42. The van der Waals surface area contributed by atoms with E-state index in [2.05, 4.69) is 20.7 Å². The van der Waals surface area contributed by atoms with Crippen LogP contribution in [0, 0.1) is 0 Å². The average Bonchev–Trinajstić information content (AvgIpc) is 3.02. The fourth-order valence-electron chi connectivity index (χ4n) is 1.82. The van der Waals surface area contributed by atoms with Gasteiger partial charge in [-0.25, -0.2) is 9.78 Å². The van der Waals surface area contributed by atoms with Crippen LogP contribution in [-0.4, -0.2) is 31.9 Å². The predicted molar refractivity (Wildman–Crippen MR) is 76.6 cm³/mol. The van der Waals surface area contributed by atoms with Gasteiger partial charge >= 0.3 is 12.0 Å². The van der Waals surface area contributed by atoms with E-state index < -0.39 is 12.0 Å². The van der Waals surface area contributed by atoms with Crippen molar-refractivity contribution in [3.8, 4) is 0 Å². The Morgan fingerprint density at radius 1 is 1.43 bits per heavy atom. The first kappa shape index (κ1) is 13.6. The Kier molecular flexibility index (Phi) is 3.57. The number of rotatable bonds is 5. The lowest BCUT2D eigenvalue weighted by Crippen LogP contribution is -2.19. The smallest absolute Gasteiger partial charge is 0.325 e. The highest BCUT2D eigenvalue weighted by molar-refractivity contribution is 7.14. The zero-order valence-electron chi connectivity index (χ0n) is 10.9. The van der Waals surface area contributed by atoms with E-state index in [0.29, 0.717) is 16.7 Å². The molecule has 0 aromatic carbocycles. The molecule has 2 amide bonds. The van der Waals surface area contributed by atoms with E-state index in [1.807, 2.05) is 5.38 Å². The minimum Gasteiger partial charge on any atom is -0.480 e. The van der Waals surface area contributed by atoms with Crippen LogP contribution in [0.4, 0.5) is 15.6 Å². The molecular weight excluding hydrogens is 294 g/mol. The molecule has 2 heterocycles. The van der Waals surface area contributed by atoms with E-state index in [1.165, 1.54) is 28.4 Å². The van der Waals surface area contributed by atoms with Crippen LogP contribution in [0.2, 0.25) is 0 Å². The van der Waals surface area contributed by atoms with E-state index in [9.17, 15) is 9.59 Å². The number of carboxylic acid groups (broad SMARTS) is 1. The lowest BCUT2D eigenvalue weighted by atomic mass is 10.3. The van der Waals surface area contributed by atoms with Crippen molar-refractivity contribution in [2.24, 2.45) is 0 Å². The lowest BCUT2D eigenvalue weighted by molar-refractivity contribution is -0.137. The van der Waals surface area contributed by atoms with Gasteiger partial charge in [-0.1, -0.05) is 0 Å². The number of carbonyl (C=O) groups is 2. The monoisotopic (exact) mass is 307 g/mol. The average molecular weight is 307 g/mol. The maximum atomic E-state index is 11.8. The van der Waals surface area contributed by atoms with Crippen LogP contribution in [0.15, 0.2) is 17.8 Å². The number of anilines is 2. The molecule has 3 N–H and O–H groups in total. The van der Waals surface area contributed by atoms with Crippen LogP contribution in [-0.2, 0) is 11.3 Å². The fraction of sp³-hybridized carbons (Fsp3) is 0.333. The molecule has 0 saturated heterocycles. The summed E-state index contributed by atoms with van der Waals surface area (Å²) in [5.74, 6) is -0.446. The number of aromatic nitrogens is 3. The maximum absolute atomic E-state index is 11.8. The van der Waals surface area contributed by atoms with Crippen molar-refractivity contribution >= 4 is 34.2 Å². The van der Waals surface area contributed by atoms with Gasteiger partial charge in [-0.15, -0.1) is 11.3 Å². The summed E-state index contributed by atoms with van der Waals surface area (Å²) < 4.78 is 1.23. The van der Waals surface area contributed by atoms with Gasteiger partial charge in [0, 0.05) is 17.5 Å². The van der Waals surface area contributed by atoms with Crippen molar-refractivity contribution in [1.29, 1.82) is 0 Å². The molecule has 1 fully saturated rings. The van der Waals surface area contributed by atoms with Gasteiger partial charge in [0.05, 0.1) is 17.6 Å². The first-order valence-corrected chi connectivity index (χ1v) is 7.26. The summed E-state index contributed by atoms with van der Waals surface area (Å²) in [6.45, 7) is -0.249. The summed E-state index contributed by atoms with van der Waals surface area (Å²) in [6, 6.07) is -0.429. The third kappa shape index (κ3) is 3.57. The second kappa shape index (κ2) is 5.52. The molecule has 21 heavy (non-hydrogen) atoms. The molecule has 9 heteroatoms. The third-order valence-corrected chi connectivity index (χ3v) is 3.70. The number of amides is 2. The Morgan fingerprint density at radius 3 is 2.95 bits per heavy atom. The van der Waals surface area contributed by atoms with E-state index >= 15 is 0 Å². The van der Waals surface area contributed by atoms with Crippen molar-refractivity contribution in [2.45, 2.75) is 25.3 Å². The Bertz CT molecular complexity index is 676. The second-order valence-electron chi connectivity index (χ2n) is 4.75. The molecule has 1 aliphatic carbocycles. The summed E-state index contributed by atoms with van der Waals surface area (Å²) >= 11 is 1.39. The van der Waals surface area contributed by atoms with E-state index in [1.54, 1.807) is 0 Å². The van der Waals surface area contributed by atoms with Crippen LogP contribution in [0.1, 0.15) is 24.5 Å². The van der Waals surface area contributed by atoms with Gasteiger partial charge in [0.2, 0.25) is 0 Å². The molecule has 0 unspecified atom stereocenters. The topological polar surface area (TPSA) is 109 Å². The van der Waals surface area contributed by atoms with Crippen molar-refractivity contribution in [3.05, 3.63) is 23.5 Å². The molecule has 110 valence electrons. The van der Waals surface area contributed by atoms with Gasteiger partial charge in [-0.2, -0.15) is 5.10 Å². The standard InChI is InChI=1S/C12H13N5O3S/c18-10(19)5-17-4-8(3-13-17)14-11(20)16-12-15-9(6-21-12)7-1-2-7/h3-4,6-7H,1-2,5H2,(H,18,19)(H2,14,15,16,20). The molecule has 0 radical (unpaired) electrons. The summed E-state index contributed by atoms with van der Waals surface area (Å²) in [5, 5.41) is 20.2. The fourth-order valence-corrected chi connectivity index (χ4v) is 2.61. The van der Waals surface area contributed by atoms with Crippen LogP contribution >= 0.6 is 11.3 Å². The van der Waals surface area contributed by atoms with Crippen LogP contribution < -0.4 is 10.6 Å². The minimum absolute atomic E-state index is 0.249. The van der Waals surface area contributed by atoms with Crippen LogP contribution in [0.5, 0.6) is 0 Å². The number of hydrogen-bond acceptors (Lipinski definition) is 5. The number of thiazole rings is 1. The molecule has 0 bridgehead atoms. The molecule has 1 saturated carbocycles. The molecular formula is C12H13N5O3S. The molecule has 8 nitrogen and oxygen atoms in total. The summed E-state index contributed by atoms with van der Waals surface area (Å²) in [5.41, 5.74) is 1.46. The molecule has 2 aromatic heterocycles. The molecule has 0 spiro atoms. The molecule has 0 atom stereocenters. The van der Waals surface area contributed by atoms with Crippen molar-refractivity contribution < 1.29 is 14.7 Å². The van der Waals surface area contributed by atoms with Gasteiger partial charge in [-0.05, 0) is 12.8 Å². The highest BCUT2D eigenvalue weighted by atomic mass is 32.1. The largest absolute Gasteiger partial charge is 0.480 e. The van der Waals surface area contributed by atoms with Gasteiger partial charge in [-0.3, -0.25) is 14.8 Å². The number of aliphatic carboxylic acids is 1. The number of nitrogens with one attached hydrogen (secondary N) is 2. The zero-order valence-corrected chi connectivity index (χ0v) is 11.8. The normalized spacial score (nSPS) is 13.9. The Balaban J connectivity index is 1.55. The predicted octanol–water partition coefficient (Wildman–Crippen LogP) is 1.95. The minimum atomic E-state index is -0.996. The number of carbonyl (C=O) groups excluding carboxylic acids is 1. The van der Waals surface area contributed by atoms with Crippen LogP contribution in [0.3, 0.4) is 0 Å². The summed E-state index contributed by atoms with van der Waals surface area (Å²) in [7, 11) is 0. The highest BCUT2D eigenvalue weighted by Gasteiger charge is 2.26. The highest BCUT2D eigenvalue weighted by Crippen LogP contribution is 2.40. The molecule has 3 rings (SSSR count). The number of urea groups is 1. The van der Waals surface area contributed by atoms with Crippen molar-refractivity contribution in [1.82, 2.24) is 14.8 Å². The van der Waals surface area contributed by atoms with Gasteiger partial charge in [0.15, 0.2) is 5.13 Å². The van der Waals surface area contributed by atoms with Crippen molar-refractivity contribution in [3.63, 3.8) is 0 Å². The zero-order chi connectivity index (χ0) is 14.8. The Labute approximate surface area is 123 Å². The van der Waals surface area contributed by atoms with Gasteiger partial charge in [0.1, 0.15) is 6.54 Å².